The lowest BCUT2D eigenvalue weighted by Crippen LogP contribution is -2.29. The Morgan fingerprint density at radius 2 is 2.07 bits per heavy atom. The van der Waals surface area contributed by atoms with Crippen LogP contribution in [0.5, 0.6) is 5.75 Å². The molecule has 6 nitrogen and oxygen atoms in total. The summed E-state index contributed by atoms with van der Waals surface area (Å²) < 4.78 is 7.50. The van der Waals surface area contributed by atoms with E-state index >= 15 is 0 Å². The van der Waals surface area contributed by atoms with Crippen LogP contribution in [-0.4, -0.2) is 22.5 Å². The maximum Gasteiger partial charge on any atom is 0.282 e. The zero-order chi connectivity index (χ0) is 21.2. The van der Waals surface area contributed by atoms with Gasteiger partial charge in [-0.1, -0.05) is 48.3 Å². The highest BCUT2D eigenvalue weighted by Crippen LogP contribution is 2.24. The lowest BCUT2D eigenvalue weighted by atomic mass is 9.95. The quantitative estimate of drug-likeness (QED) is 0.505. The molecule has 0 aliphatic carbocycles. The summed E-state index contributed by atoms with van der Waals surface area (Å²) >= 11 is 9.49. The number of ether oxygens (including phenoxy) is 1. The minimum Gasteiger partial charge on any atom is -0.478 e. The van der Waals surface area contributed by atoms with E-state index in [2.05, 4.69) is 26.0 Å². The molecule has 0 unspecified atom stereocenters. The number of rotatable bonds is 4. The third-order valence-electron chi connectivity index (χ3n) is 4.06. The van der Waals surface area contributed by atoms with Crippen LogP contribution < -0.4 is 10.3 Å². The number of nitriles is 1. The zero-order valence-electron chi connectivity index (χ0n) is 16.1. The van der Waals surface area contributed by atoms with Gasteiger partial charge in [0.05, 0.1) is 17.1 Å². The summed E-state index contributed by atoms with van der Waals surface area (Å²) in [7, 11) is 0. The molecule has 148 valence electrons. The smallest absolute Gasteiger partial charge is 0.282 e. The van der Waals surface area contributed by atoms with Crippen molar-refractivity contribution in [3.8, 4) is 11.8 Å². The molecule has 0 fully saturated rings. The van der Waals surface area contributed by atoms with Gasteiger partial charge in [-0.3, -0.25) is 4.79 Å². The van der Waals surface area contributed by atoms with Gasteiger partial charge in [-0.2, -0.15) is 15.0 Å². The van der Waals surface area contributed by atoms with E-state index in [-0.39, 0.29) is 12.2 Å². The van der Waals surface area contributed by atoms with E-state index in [0.29, 0.717) is 33.1 Å². The van der Waals surface area contributed by atoms with Crippen LogP contribution in [0, 0.1) is 11.3 Å². The Labute approximate surface area is 181 Å². The summed E-state index contributed by atoms with van der Waals surface area (Å²) in [5.74, 6) is 0.969. The Bertz CT molecular complexity index is 1210. The van der Waals surface area contributed by atoms with Crippen molar-refractivity contribution in [1.29, 1.82) is 5.26 Å². The van der Waals surface area contributed by atoms with Crippen molar-refractivity contribution in [1.82, 2.24) is 9.66 Å². The van der Waals surface area contributed by atoms with Gasteiger partial charge in [0.15, 0.2) is 6.61 Å². The molecule has 0 N–H and O–H groups in total. The first-order valence-electron chi connectivity index (χ1n) is 8.77. The third-order valence-corrected chi connectivity index (χ3v) is 4.78. The van der Waals surface area contributed by atoms with E-state index < -0.39 is 5.41 Å². The van der Waals surface area contributed by atoms with Gasteiger partial charge in [0.2, 0.25) is 0 Å². The molecule has 8 heteroatoms. The van der Waals surface area contributed by atoms with Crippen LogP contribution in [-0.2, 0) is 5.41 Å². The second kappa shape index (κ2) is 8.36. The maximum atomic E-state index is 13.2. The van der Waals surface area contributed by atoms with E-state index in [1.807, 2.05) is 32.9 Å². The van der Waals surface area contributed by atoms with Crippen molar-refractivity contribution in [2.75, 3.05) is 6.61 Å². The Balaban J connectivity index is 2.20. The first kappa shape index (κ1) is 21.0. The van der Waals surface area contributed by atoms with Crippen LogP contribution in [0.15, 0.2) is 50.8 Å². The molecule has 0 amide bonds. The van der Waals surface area contributed by atoms with Crippen molar-refractivity contribution in [2.24, 2.45) is 5.10 Å². The molecule has 1 heterocycles. The SMILES string of the molecule is CC(C)(C)c1nc2ccc(Br)cc2c(=O)n1N=Cc1cc(Cl)ccc1OCC#N. The van der Waals surface area contributed by atoms with Gasteiger partial charge in [-0.05, 0) is 36.4 Å². The fourth-order valence-corrected chi connectivity index (χ4v) is 3.26. The monoisotopic (exact) mass is 472 g/mol. The van der Waals surface area contributed by atoms with Crippen LogP contribution in [0.3, 0.4) is 0 Å². The van der Waals surface area contributed by atoms with Crippen LogP contribution in [0.1, 0.15) is 32.2 Å². The summed E-state index contributed by atoms with van der Waals surface area (Å²) in [4.78, 5) is 17.9. The van der Waals surface area contributed by atoms with Gasteiger partial charge in [0.1, 0.15) is 17.6 Å². The predicted molar refractivity (Wildman–Crippen MR) is 118 cm³/mol. The number of hydrogen-bond donors (Lipinski definition) is 0. The van der Waals surface area contributed by atoms with Gasteiger partial charge in [0, 0.05) is 20.5 Å². The Kier molecular flexibility index (Phi) is 6.06. The van der Waals surface area contributed by atoms with Crippen LogP contribution in [0.2, 0.25) is 5.02 Å². The molecule has 1 aromatic heterocycles. The molecule has 29 heavy (non-hydrogen) atoms. The van der Waals surface area contributed by atoms with E-state index in [9.17, 15) is 4.79 Å². The minimum absolute atomic E-state index is 0.110. The number of hydrogen-bond acceptors (Lipinski definition) is 5. The van der Waals surface area contributed by atoms with E-state index in [4.69, 9.17) is 21.6 Å². The van der Waals surface area contributed by atoms with Crippen LogP contribution in [0.4, 0.5) is 0 Å². The number of halogens is 2. The average Bonchev–Trinajstić information content (AvgIpc) is 2.66. The predicted octanol–water partition coefficient (Wildman–Crippen LogP) is 4.89. The van der Waals surface area contributed by atoms with Crippen molar-refractivity contribution in [3.63, 3.8) is 0 Å². The normalized spacial score (nSPS) is 11.7. The highest BCUT2D eigenvalue weighted by atomic mass is 79.9. The van der Waals surface area contributed by atoms with Crippen molar-refractivity contribution < 1.29 is 4.74 Å². The van der Waals surface area contributed by atoms with Gasteiger partial charge in [0.25, 0.3) is 5.56 Å². The second-order valence-electron chi connectivity index (χ2n) is 7.34. The first-order chi connectivity index (χ1) is 13.7. The molecule has 3 aromatic rings. The largest absolute Gasteiger partial charge is 0.478 e. The fourth-order valence-electron chi connectivity index (χ4n) is 2.72. The lowest BCUT2D eigenvalue weighted by Gasteiger charge is -2.21. The Morgan fingerprint density at radius 1 is 1.31 bits per heavy atom. The molecule has 0 radical (unpaired) electrons. The van der Waals surface area contributed by atoms with Gasteiger partial charge in [-0.25, -0.2) is 4.98 Å². The van der Waals surface area contributed by atoms with E-state index in [1.165, 1.54) is 10.9 Å². The molecule has 2 aromatic carbocycles. The third kappa shape index (κ3) is 4.66. The summed E-state index contributed by atoms with van der Waals surface area (Å²) in [6.07, 6.45) is 1.49. The molecule has 0 aliphatic heterocycles. The summed E-state index contributed by atoms with van der Waals surface area (Å²) in [5.41, 5.74) is 0.454. The van der Waals surface area contributed by atoms with E-state index in [0.717, 1.165) is 4.47 Å². The Morgan fingerprint density at radius 3 is 2.76 bits per heavy atom. The molecule has 0 atom stereocenters. The molecule has 0 aliphatic rings. The standard InChI is InChI=1S/C21H18BrClN4O2/c1-21(2,3)20-26-17-6-4-14(22)11-16(17)19(28)27(20)25-12-13-10-15(23)5-7-18(13)29-9-8-24/h4-7,10-12H,9H2,1-3H3. The van der Waals surface area contributed by atoms with E-state index in [1.54, 1.807) is 30.3 Å². The highest BCUT2D eigenvalue weighted by molar-refractivity contribution is 9.10. The summed E-state index contributed by atoms with van der Waals surface area (Å²) in [6.45, 7) is 5.78. The maximum absolute atomic E-state index is 13.2. The summed E-state index contributed by atoms with van der Waals surface area (Å²) in [5, 5.41) is 14.1. The molecule has 0 spiro atoms. The van der Waals surface area contributed by atoms with Crippen molar-refractivity contribution >= 4 is 44.6 Å². The van der Waals surface area contributed by atoms with Crippen molar-refractivity contribution in [3.05, 3.63) is 67.6 Å². The van der Waals surface area contributed by atoms with Gasteiger partial charge >= 0.3 is 0 Å². The minimum atomic E-state index is -0.424. The average molecular weight is 474 g/mol. The number of nitrogens with zero attached hydrogens (tertiary/aromatic N) is 4. The van der Waals surface area contributed by atoms with Crippen molar-refractivity contribution in [2.45, 2.75) is 26.2 Å². The Hall–Kier alpha value is -2.69. The molecular weight excluding hydrogens is 456 g/mol. The number of aromatic nitrogens is 2. The molecular formula is C21H18BrClN4O2. The molecule has 3 rings (SSSR count). The van der Waals surface area contributed by atoms with Crippen LogP contribution in [0.25, 0.3) is 10.9 Å². The molecule has 0 bridgehead atoms. The molecule has 0 saturated heterocycles. The number of benzene rings is 2. The number of fused-ring (bicyclic) bond motifs is 1. The summed E-state index contributed by atoms with van der Waals surface area (Å²) in [6, 6.07) is 12.3. The second-order valence-corrected chi connectivity index (χ2v) is 8.69. The fraction of sp³-hybridized carbons (Fsp3) is 0.238. The van der Waals surface area contributed by atoms with Gasteiger partial charge < -0.3 is 4.74 Å². The zero-order valence-corrected chi connectivity index (χ0v) is 18.5. The first-order valence-corrected chi connectivity index (χ1v) is 9.94. The van der Waals surface area contributed by atoms with Gasteiger partial charge in [-0.15, -0.1) is 0 Å². The highest BCUT2D eigenvalue weighted by Gasteiger charge is 2.23. The lowest BCUT2D eigenvalue weighted by molar-refractivity contribution is 0.367. The topological polar surface area (TPSA) is 80.3 Å². The van der Waals surface area contributed by atoms with Crippen LogP contribution >= 0.6 is 27.5 Å². The molecule has 0 saturated carbocycles.